The number of piperidine rings is 1. The van der Waals surface area contributed by atoms with E-state index >= 15 is 0 Å². The lowest BCUT2D eigenvalue weighted by molar-refractivity contribution is 0.0648. The average molecular weight is 460 g/mol. The molecule has 1 amide bonds. The van der Waals surface area contributed by atoms with E-state index in [1.807, 2.05) is 81.1 Å². The summed E-state index contributed by atoms with van der Waals surface area (Å²) in [6.45, 7) is 9.30. The number of likely N-dealkylation sites (tertiary alicyclic amines) is 1. The van der Waals surface area contributed by atoms with Gasteiger partial charge < -0.3 is 15.1 Å². The van der Waals surface area contributed by atoms with E-state index in [9.17, 15) is 4.79 Å². The number of carbonyl (C=O) groups excluding carboxylic acids is 1. The average Bonchev–Trinajstić information content (AvgIpc) is 2.78. The topological polar surface area (TPSA) is 87.1 Å². The Labute approximate surface area is 201 Å². The Morgan fingerprint density at radius 2 is 1.74 bits per heavy atom. The van der Waals surface area contributed by atoms with Gasteiger partial charge in [-0.3, -0.25) is 4.79 Å². The van der Waals surface area contributed by atoms with Crippen LogP contribution in [0.2, 0.25) is 0 Å². The van der Waals surface area contributed by atoms with Crippen molar-refractivity contribution in [2.75, 3.05) is 37.4 Å². The maximum atomic E-state index is 13.7. The van der Waals surface area contributed by atoms with E-state index in [2.05, 4.69) is 27.2 Å². The summed E-state index contributed by atoms with van der Waals surface area (Å²) in [6.07, 6.45) is 1.88. The molecular formula is C26H33N7O. The van der Waals surface area contributed by atoms with E-state index in [-0.39, 0.29) is 11.3 Å². The highest BCUT2D eigenvalue weighted by molar-refractivity contribution is 6.00. The Morgan fingerprint density at radius 3 is 2.44 bits per heavy atom. The largest absolute Gasteiger partial charge is 0.363 e. The van der Waals surface area contributed by atoms with Crippen LogP contribution in [0.3, 0.4) is 0 Å². The van der Waals surface area contributed by atoms with Crippen molar-refractivity contribution in [2.45, 2.75) is 46.0 Å². The molecule has 2 aromatic heterocycles. The molecule has 1 aliphatic heterocycles. The third-order valence-corrected chi connectivity index (χ3v) is 6.27. The zero-order valence-electron chi connectivity index (χ0n) is 20.9. The minimum Gasteiger partial charge on any atom is -0.363 e. The molecule has 0 aliphatic carbocycles. The number of nitrogens with one attached hydrogen (secondary N) is 1. The van der Waals surface area contributed by atoms with Crippen molar-refractivity contribution in [1.82, 2.24) is 24.8 Å². The van der Waals surface area contributed by atoms with Crippen LogP contribution in [0.1, 0.15) is 53.0 Å². The maximum absolute atomic E-state index is 13.7. The zero-order chi connectivity index (χ0) is 24.5. The van der Waals surface area contributed by atoms with Crippen LogP contribution in [0.4, 0.5) is 17.5 Å². The van der Waals surface area contributed by atoms with Crippen LogP contribution in [0.25, 0.3) is 0 Å². The number of amides is 1. The third kappa shape index (κ3) is 5.00. The van der Waals surface area contributed by atoms with Gasteiger partial charge in [0.15, 0.2) is 0 Å². The van der Waals surface area contributed by atoms with Crippen molar-refractivity contribution < 1.29 is 4.79 Å². The lowest BCUT2D eigenvalue weighted by atomic mass is 9.78. The quantitative estimate of drug-likeness (QED) is 0.612. The molecule has 34 heavy (non-hydrogen) atoms. The van der Waals surface area contributed by atoms with Gasteiger partial charge in [0.25, 0.3) is 5.91 Å². The number of anilines is 3. The first kappa shape index (κ1) is 23.6. The van der Waals surface area contributed by atoms with E-state index in [4.69, 9.17) is 4.98 Å². The summed E-state index contributed by atoms with van der Waals surface area (Å²) in [5.74, 6) is 2.12. The molecule has 1 N–H and O–H groups in total. The second kappa shape index (κ2) is 9.37. The lowest BCUT2D eigenvalue weighted by Crippen LogP contribution is -2.47. The minimum atomic E-state index is -0.245. The first-order valence-corrected chi connectivity index (χ1v) is 11.7. The molecule has 178 valence electrons. The van der Waals surface area contributed by atoms with Crippen molar-refractivity contribution in [3.05, 3.63) is 64.9 Å². The number of nitrogens with zero attached hydrogens (tertiary/aromatic N) is 6. The predicted octanol–water partition coefficient (Wildman–Crippen LogP) is 4.20. The number of aryl methyl sites for hydroxylation is 3. The molecular weight excluding hydrogens is 426 g/mol. The molecule has 1 saturated heterocycles. The van der Waals surface area contributed by atoms with Crippen LogP contribution in [0.15, 0.2) is 36.4 Å². The van der Waals surface area contributed by atoms with Gasteiger partial charge in [-0.1, -0.05) is 19.1 Å². The van der Waals surface area contributed by atoms with Gasteiger partial charge in [0, 0.05) is 50.1 Å². The van der Waals surface area contributed by atoms with Crippen LogP contribution in [-0.4, -0.2) is 57.9 Å². The van der Waals surface area contributed by atoms with E-state index in [1.54, 1.807) is 0 Å². The number of para-hydroxylation sites is 1. The molecule has 0 unspecified atom stereocenters. The van der Waals surface area contributed by atoms with Gasteiger partial charge in [-0.05, 0) is 51.8 Å². The van der Waals surface area contributed by atoms with Gasteiger partial charge in [0.2, 0.25) is 5.95 Å². The van der Waals surface area contributed by atoms with Crippen LogP contribution in [0.5, 0.6) is 0 Å². The van der Waals surface area contributed by atoms with Crippen molar-refractivity contribution in [3.63, 3.8) is 0 Å². The van der Waals surface area contributed by atoms with Crippen molar-refractivity contribution in [1.29, 1.82) is 0 Å². The molecule has 0 bridgehead atoms. The van der Waals surface area contributed by atoms with Crippen LogP contribution in [-0.2, 0) is 5.41 Å². The van der Waals surface area contributed by atoms with Gasteiger partial charge in [-0.25, -0.2) is 19.9 Å². The fourth-order valence-corrected chi connectivity index (χ4v) is 4.56. The van der Waals surface area contributed by atoms with Gasteiger partial charge >= 0.3 is 0 Å². The van der Waals surface area contributed by atoms with E-state index in [0.717, 1.165) is 41.6 Å². The number of carbonyl (C=O) groups is 1. The summed E-state index contributed by atoms with van der Waals surface area (Å²) in [5, 5.41) is 3.26. The molecule has 8 nitrogen and oxygen atoms in total. The second-order valence-electron chi connectivity index (χ2n) is 9.59. The smallest absolute Gasteiger partial charge is 0.255 e. The van der Waals surface area contributed by atoms with E-state index in [1.165, 1.54) is 0 Å². The molecule has 1 aliphatic rings. The standard InChI is InChI=1S/C26H33N7O/c1-17-14-18(2)28-25(27-17)31-21-11-8-7-10-20(21)24(34)33-13-9-12-26(4,16-33)22-15-23(32(5)6)30-19(3)29-22/h7-8,10-11,14-15H,9,12-13,16H2,1-6H3,(H,27,28,31)/t26-/m0/s1. The molecule has 0 saturated carbocycles. The Morgan fingerprint density at radius 1 is 1.03 bits per heavy atom. The van der Waals surface area contributed by atoms with Gasteiger partial charge in [-0.2, -0.15) is 0 Å². The second-order valence-corrected chi connectivity index (χ2v) is 9.59. The molecule has 4 rings (SSSR count). The molecule has 0 radical (unpaired) electrons. The summed E-state index contributed by atoms with van der Waals surface area (Å²) in [5.41, 5.74) is 3.81. The Bertz CT molecular complexity index is 1190. The highest BCUT2D eigenvalue weighted by atomic mass is 16.2. The summed E-state index contributed by atoms with van der Waals surface area (Å²) in [6, 6.07) is 11.5. The summed E-state index contributed by atoms with van der Waals surface area (Å²) in [4.78, 5) is 35.9. The number of aromatic nitrogens is 4. The Balaban J connectivity index is 1.61. The molecule has 8 heteroatoms. The summed E-state index contributed by atoms with van der Waals surface area (Å²) >= 11 is 0. The SMILES string of the molecule is Cc1cc(C)nc(Nc2ccccc2C(=O)N2CCC[C@](C)(c3cc(N(C)C)nc(C)n3)C2)n1. The molecule has 3 heterocycles. The summed E-state index contributed by atoms with van der Waals surface area (Å²) in [7, 11) is 3.96. The molecule has 1 atom stereocenters. The van der Waals surface area contributed by atoms with E-state index < -0.39 is 0 Å². The van der Waals surface area contributed by atoms with E-state index in [0.29, 0.717) is 30.3 Å². The molecule has 1 aromatic carbocycles. The zero-order valence-corrected chi connectivity index (χ0v) is 20.9. The highest BCUT2D eigenvalue weighted by Gasteiger charge is 2.37. The van der Waals surface area contributed by atoms with Crippen molar-refractivity contribution in [2.24, 2.45) is 0 Å². The number of rotatable bonds is 5. The van der Waals surface area contributed by atoms with Crippen LogP contribution < -0.4 is 10.2 Å². The van der Waals surface area contributed by atoms with Crippen LogP contribution in [0, 0.1) is 20.8 Å². The lowest BCUT2D eigenvalue weighted by Gasteiger charge is -2.40. The van der Waals surface area contributed by atoms with Gasteiger partial charge in [0.05, 0.1) is 16.9 Å². The van der Waals surface area contributed by atoms with Gasteiger partial charge in [-0.15, -0.1) is 0 Å². The monoisotopic (exact) mass is 459 g/mol. The fourth-order valence-electron chi connectivity index (χ4n) is 4.56. The van der Waals surface area contributed by atoms with Crippen molar-refractivity contribution >= 4 is 23.4 Å². The molecule has 3 aromatic rings. The van der Waals surface area contributed by atoms with Crippen molar-refractivity contribution in [3.8, 4) is 0 Å². The first-order chi connectivity index (χ1) is 16.1. The Kier molecular flexibility index (Phi) is 6.50. The van der Waals surface area contributed by atoms with Gasteiger partial charge in [0.1, 0.15) is 11.6 Å². The minimum absolute atomic E-state index is 0.00277. The molecule has 1 fully saturated rings. The predicted molar refractivity (Wildman–Crippen MR) is 135 cm³/mol. The number of hydrogen-bond acceptors (Lipinski definition) is 7. The molecule has 0 spiro atoms. The summed E-state index contributed by atoms with van der Waals surface area (Å²) < 4.78 is 0. The highest BCUT2D eigenvalue weighted by Crippen LogP contribution is 2.35. The third-order valence-electron chi connectivity index (χ3n) is 6.27. The normalized spacial score (nSPS) is 18.0. The fraction of sp³-hybridized carbons (Fsp3) is 0.423. The Hall–Kier alpha value is -3.55. The first-order valence-electron chi connectivity index (χ1n) is 11.7. The van der Waals surface area contributed by atoms with Crippen LogP contribution >= 0.6 is 0 Å². The number of benzene rings is 1. The maximum Gasteiger partial charge on any atom is 0.255 e. The number of hydrogen-bond donors (Lipinski definition) is 1.